The Bertz CT molecular complexity index is 82.9. The van der Waals surface area contributed by atoms with Gasteiger partial charge in [-0.2, -0.15) is 0 Å². The van der Waals surface area contributed by atoms with E-state index in [1.54, 1.807) is 13.2 Å². The Morgan fingerprint density at radius 1 is 1.70 bits per heavy atom. The average Bonchev–Trinajstić information content (AvgIpc) is 1.99. The van der Waals surface area contributed by atoms with Crippen LogP contribution in [-0.4, -0.2) is 38.1 Å². The lowest BCUT2D eigenvalue weighted by Crippen LogP contribution is -2.16. The highest BCUT2D eigenvalue weighted by atomic mass is 16.5. The first-order valence-corrected chi connectivity index (χ1v) is 3.19. The average molecular weight is 146 g/mol. The Balaban J connectivity index is 3.17. The molecular weight excluding hydrogens is 132 g/mol. The summed E-state index contributed by atoms with van der Waals surface area (Å²) in [7, 11) is 1.59. The van der Waals surface area contributed by atoms with Gasteiger partial charge in [0.05, 0.1) is 25.9 Å². The molecule has 0 rings (SSSR count). The van der Waals surface area contributed by atoms with Crippen molar-refractivity contribution in [1.82, 2.24) is 0 Å². The fourth-order valence-corrected chi connectivity index (χ4v) is 0.496. The number of ether oxygens (including phenoxy) is 2. The third kappa shape index (κ3) is 4.49. The maximum Gasteiger partial charge on any atom is 0.0982 e. The molecule has 60 valence electrons. The normalized spacial score (nSPS) is 13.0. The predicted molar refractivity (Wildman–Crippen MR) is 38.9 cm³/mol. The largest absolute Gasteiger partial charge is 0.394 e. The first-order valence-electron chi connectivity index (χ1n) is 3.19. The van der Waals surface area contributed by atoms with Gasteiger partial charge in [0.25, 0.3) is 0 Å². The van der Waals surface area contributed by atoms with E-state index in [-0.39, 0.29) is 12.7 Å². The minimum absolute atomic E-state index is 0.0492. The van der Waals surface area contributed by atoms with E-state index >= 15 is 0 Å². The van der Waals surface area contributed by atoms with Crippen LogP contribution in [0.2, 0.25) is 0 Å². The molecule has 0 bridgehead atoms. The van der Waals surface area contributed by atoms with Crippen LogP contribution in [0.4, 0.5) is 0 Å². The Morgan fingerprint density at radius 3 is 2.80 bits per heavy atom. The third-order valence-corrected chi connectivity index (χ3v) is 1.08. The fraction of sp³-hybridized carbons (Fsp3) is 0.714. The van der Waals surface area contributed by atoms with Gasteiger partial charge in [0, 0.05) is 7.11 Å². The molecule has 0 unspecified atom stereocenters. The van der Waals surface area contributed by atoms with Crippen LogP contribution in [0.1, 0.15) is 0 Å². The van der Waals surface area contributed by atoms with Gasteiger partial charge in [-0.15, -0.1) is 6.58 Å². The van der Waals surface area contributed by atoms with E-state index in [0.717, 1.165) is 0 Å². The van der Waals surface area contributed by atoms with Crippen molar-refractivity contribution < 1.29 is 14.6 Å². The number of aliphatic hydroxyl groups is 1. The molecule has 0 aliphatic heterocycles. The van der Waals surface area contributed by atoms with Crippen molar-refractivity contribution in [1.29, 1.82) is 0 Å². The molecule has 0 radical (unpaired) electrons. The highest BCUT2D eigenvalue weighted by Crippen LogP contribution is 1.90. The van der Waals surface area contributed by atoms with Crippen molar-refractivity contribution in [2.75, 3.05) is 26.9 Å². The van der Waals surface area contributed by atoms with Gasteiger partial charge in [-0.05, 0) is 0 Å². The molecule has 3 heteroatoms. The van der Waals surface area contributed by atoms with Crippen molar-refractivity contribution in [3.63, 3.8) is 0 Å². The zero-order valence-corrected chi connectivity index (χ0v) is 6.25. The van der Waals surface area contributed by atoms with Crippen LogP contribution in [0.25, 0.3) is 0 Å². The van der Waals surface area contributed by atoms with E-state index in [1.165, 1.54) is 0 Å². The summed E-state index contributed by atoms with van der Waals surface area (Å²) in [6, 6.07) is 0. The molecule has 0 aromatic carbocycles. The van der Waals surface area contributed by atoms with Crippen molar-refractivity contribution in [2.45, 2.75) is 6.10 Å². The Morgan fingerprint density at radius 2 is 2.40 bits per heavy atom. The molecule has 10 heavy (non-hydrogen) atoms. The summed E-state index contributed by atoms with van der Waals surface area (Å²) in [5.41, 5.74) is 0. The molecular formula is C7H14O3. The first-order chi connectivity index (χ1) is 4.85. The third-order valence-electron chi connectivity index (χ3n) is 1.08. The van der Waals surface area contributed by atoms with Crippen LogP contribution >= 0.6 is 0 Å². The fourth-order valence-electron chi connectivity index (χ4n) is 0.496. The molecule has 0 saturated carbocycles. The van der Waals surface area contributed by atoms with E-state index in [4.69, 9.17) is 14.6 Å². The lowest BCUT2D eigenvalue weighted by atomic mass is 10.4. The second-order valence-electron chi connectivity index (χ2n) is 1.81. The number of aliphatic hydroxyl groups excluding tert-OH is 1. The van der Waals surface area contributed by atoms with E-state index in [1.807, 2.05) is 0 Å². The van der Waals surface area contributed by atoms with Gasteiger partial charge in [-0.1, -0.05) is 6.08 Å². The molecule has 0 aromatic heterocycles. The van der Waals surface area contributed by atoms with E-state index in [0.29, 0.717) is 13.2 Å². The second-order valence-corrected chi connectivity index (χ2v) is 1.81. The van der Waals surface area contributed by atoms with E-state index in [9.17, 15) is 0 Å². The standard InChI is InChI=1S/C7H14O3/c1-3-7(9-2)6-10-5-4-8/h3,7-8H,1,4-6H2,2H3/t7-/m1/s1. The predicted octanol–water partition coefficient (Wildman–Crippen LogP) is 0.196. The van der Waals surface area contributed by atoms with Gasteiger partial charge in [0.15, 0.2) is 0 Å². The number of hydrogen-bond acceptors (Lipinski definition) is 3. The number of methoxy groups -OCH3 is 1. The summed E-state index contributed by atoms with van der Waals surface area (Å²) in [5, 5.41) is 8.33. The molecule has 0 saturated heterocycles. The van der Waals surface area contributed by atoms with Gasteiger partial charge in [-0.3, -0.25) is 0 Å². The summed E-state index contributed by atoms with van der Waals surface area (Å²) in [6.07, 6.45) is 1.60. The molecule has 0 amide bonds. The second kappa shape index (κ2) is 6.74. The zero-order valence-electron chi connectivity index (χ0n) is 6.25. The van der Waals surface area contributed by atoms with Gasteiger partial charge in [-0.25, -0.2) is 0 Å². The van der Waals surface area contributed by atoms with Crippen LogP contribution in [0, 0.1) is 0 Å². The van der Waals surface area contributed by atoms with Crippen molar-refractivity contribution in [3.8, 4) is 0 Å². The Labute approximate surface area is 61.3 Å². The molecule has 0 fully saturated rings. The quantitative estimate of drug-likeness (QED) is 0.429. The monoisotopic (exact) mass is 146 g/mol. The number of rotatable bonds is 6. The van der Waals surface area contributed by atoms with Gasteiger partial charge >= 0.3 is 0 Å². The molecule has 3 nitrogen and oxygen atoms in total. The van der Waals surface area contributed by atoms with Crippen LogP contribution in [-0.2, 0) is 9.47 Å². The smallest absolute Gasteiger partial charge is 0.0982 e. The molecule has 0 heterocycles. The van der Waals surface area contributed by atoms with Crippen LogP contribution in [0.15, 0.2) is 12.7 Å². The summed E-state index contributed by atoms with van der Waals surface area (Å²) < 4.78 is 9.90. The van der Waals surface area contributed by atoms with E-state index in [2.05, 4.69) is 6.58 Å². The Hall–Kier alpha value is -0.380. The first kappa shape index (κ1) is 9.62. The maximum atomic E-state index is 8.33. The summed E-state index contributed by atoms with van der Waals surface area (Å²) in [4.78, 5) is 0. The maximum absolute atomic E-state index is 8.33. The molecule has 1 N–H and O–H groups in total. The minimum Gasteiger partial charge on any atom is -0.394 e. The zero-order chi connectivity index (χ0) is 7.82. The van der Waals surface area contributed by atoms with Crippen LogP contribution < -0.4 is 0 Å². The highest BCUT2D eigenvalue weighted by molar-refractivity contribution is 4.78. The van der Waals surface area contributed by atoms with Crippen LogP contribution in [0.5, 0.6) is 0 Å². The van der Waals surface area contributed by atoms with Crippen molar-refractivity contribution in [2.24, 2.45) is 0 Å². The van der Waals surface area contributed by atoms with Gasteiger partial charge < -0.3 is 14.6 Å². The molecule has 0 aromatic rings. The van der Waals surface area contributed by atoms with E-state index < -0.39 is 0 Å². The lowest BCUT2D eigenvalue weighted by Gasteiger charge is -2.09. The SMILES string of the molecule is C=C[C@H](COCCO)OC. The molecule has 0 aliphatic rings. The summed E-state index contributed by atoms with van der Waals surface area (Å²) in [6.45, 7) is 4.41. The van der Waals surface area contributed by atoms with Crippen LogP contribution in [0.3, 0.4) is 0 Å². The summed E-state index contributed by atoms with van der Waals surface area (Å²) in [5.74, 6) is 0. The topological polar surface area (TPSA) is 38.7 Å². The van der Waals surface area contributed by atoms with Gasteiger partial charge in [0.2, 0.25) is 0 Å². The number of hydrogen-bond donors (Lipinski definition) is 1. The van der Waals surface area contributed by atoms with Gasteiger partial charge in [0.1, 0.15) is 0 Å². The Kier molecular flexibility index (Phi) is 6.48. The molecule has 0 spiro atoms. The molecule has 1 atom stereocenters. The van der Waals surface area contributed by atoms with Crippen molar-refractivity contribution >= 4 is 0 Å². The highest BCUT2D eigenvalue weighted by Gasteiger charge is 1.99. The lowest BCUT2D eigenvalue weighted by molar-refractivity contribution is 0.0196. The summed E-state index contributed by atoms with van der Waals surface area (Å²) >= 11 is 0. The molecule has 0 aliphatic carbocycles. The minimum atomic E-state index is -0.0634. The van der Waals surface area contributed by atoms with Crippen molar-refractivity contribution in [3.05, 3.63) is 12.7 Å².